The zero-order valence-electron chi connectivity index (χ0n) is 13.4. The topological polar surface area (TPSA) is 36.7 Å². The third-order valence-electron chi connectivity index (χ3n) is 6.63. The van der Waals surface area contributed by atoms with E-state index in [4.69, 9.17) is 6.57 Å². The Bertz CT molecular complexity index is 460. The fourth-order valence-electron chi connectivity index (χ4n) is 6.22. The molecule has 1 saturated heterocycles. The predicted molar refractivity (Wildman–Crippen MR) is 84.8 cm³/mol. The molecule has 0 aromatic rings. The van der Waals surface area contributed by atoms with E-state index in [9.17, 15) is 4.79 Å². The molecule has 22 heavy (non-hydrogen) atoms. The summed E-state index contributed by atoms with van der Waals surface area (Å²) in [5.74, 6) is 3.03. The van der Waals surface area contributed by atoms with E-state index in [1.807, 2.05) is 0 Å². The minimum atomic E-state index is -0.200. The van der Waals surface area contributed by atoms with Crippen molar-refractivity contribution in [2.45, 2.75) is 57.5 Å². The van der Waals surface area contributed by atoms with Crippen molar-refractivity contribution in [2.24, 2.45) is 23.2 Å². The third kappa shape index (κ3) is 2.54. The molecule has 1 aliphatic heterocycles. The maximum Gasteiger partial charge on any atom is 0.300 e. The largest absolute Gasteiger partial charge is 0.308 e. The highest BCUT2D eigenvalue weighted by Crippen LogP contribution is 2.59. The van der Waals surface area contributed by atoms with Crippen LogP contribution in [-0.4, -0.2) is 36.6 Å². The number of hydrogen-bond acceptors (Lipinski definition) is 2. The Balaban J connectivity index is 1.30. The fraction of sp³-hybridized carbons (Fsp3) is 0.889. The summed E-state index contributed by atoms with van der Waals surface area (Å²) in [6, 6.07) is 0. The van der Waals surface area contributed by atoms with Gasteiger partial charge in [-0.25, -0.2) is 6.57 Å². The molecule has 0 aromatic heterocycles. The van der Waals surface area contributed by atoms with Gasteiger partial charge in [0.1, 0.15) is 0 Å². The zero-order chi connectivity index (χ0) is 15.2. The molecular weight excluding hydrogens is 274 g/mol. The Hall–Kier alpha value is -1.08. The molecule has 5 aliphatic rings. The number of carbonyl (C=O) groups is 1. The van der Waals surface area contributed by atoms with Crippen LogP contribution in [0.3, 0.4) is 0 Å². The van der Waals surface area contributed by atoms with Gasteiger partial charge >= 0.3 is 6.17 Å². The van der Waals surface area contributed by atoms with E-state index in [0.29, 0.717) is 12.0 Å². The van der Waals surface area contributed by atoms with E-state index < -0.39 is 0 Å². The molecule has 1 amide bonds. The van der Waals surface area contributed by atoms with Gasteiger partial charge in [0.2, 0.25) is 5.91 Å². The first-order valence-electron chi connectivity index (χ1n) is 9.04. The maximum absolute atomic E-state index is 12.3. The average Bonchev–Trinajstić information content (AvgIpc) is 2.94. The molecule has 1 atom stereocenters. The normalized spacial score (nSPS) is 42.6. The van der Waals surface area contributed by atoms with Gasteiger partial charge in [-0.3, -0.25) is 14.5 Å². The molecular formula is C18H27N3O. The molecule has 0 aromatic carbocycles. The molecule has 120 valence electrons. The van der Waals surface area contributed by atoms with E-state index in [1.165, 1.54) is 38.5 Å². The molecule has 4 bridgehead atoms. The molecule has 1 heterocycles. The number of nitrogens with one attached hydrogen (secondary N) is 1. The van der Waals surface area contributed by atoms with Crippen molar-refractivity contribution in [1.82, 2.24) is 10.2 Å². The first-order valence-corrected chi connectivity index (χ1v) is 9.04. The van der Waals surface area contributed by atoms with E-state index >= 15 is 0 Å². The van der Waals surface area contributed by atoms with E-state index in [1.54, 1.807) is 4.90 Å². The molecule has 4 saturated carbocycles. The lowest BCUT2D eigenvalue weighted by Crippen LogP contribution is -2.51. The van der Waals surface area contributed by atoms with Gasteiger partial charge in [-0.1, -0.05) is 0 Å². The first kappa shape index (κ1) is 14.5. The number of rotatable bonds is 4. The van der Waals surface area contributed by atoms with Gasteiger partial charge in [0.15, 0.2) is 0 Å². The number of amides is 1. The number of likely N-dealkylation sites (tertiary alicyclic amines) is 1. The van der Waals surface area contributed by atoms with Crippen LogP contribution in [0.25, 0.3) is 4.85 Å². The summed E-state index contributed by atoms with van der Waals surface area (Å²) in [4.78, 5) is 17.7. The van der Waals surface area contributed by atoms with Crippen molar-refractivity contribution in [2.75, 3.05) is 19.6 Å². The monoisotopic (exact) mass is 301 g/mol. The third-order valence-corrected chi connectivity index (χ3v) is 6.63. The smallest absolute Gasteiger partial charge is 0.300 e. The highest BCUT2D eigenvalue weighted by Gasteiger charge is 2.50. The van der Waals surface area contributed by atoms with Crippen molar-refractivity contribution in [1.29, 1.82) is 0 Å². The van der Waals surface area contributed by atoms with Crippen LogP contribution in [0.2, 0.25) is 0 Å². The summed E-state index contributed by atoms with van der Waals surface area (Å²) in [5.41, 5.74) is 0.485. The summed E-state index contributed by atoms with van der Waals surface area (Å²) in [6.07, 6.45) is 10.2. The predicted octanol–water partition coefficient (Wildman–Crippen LogP) is 2.66. The van der Waals surface area contributed by atoms with Crippen LogP contribution < -0.4 is 5.32 Å². The van der Waals surface area contributed by atoms with Gasteiger partial charge in [0, 0.05) is 19.5 Å². The Morgan fingerprint density at radius 3 is 2.41 bits per heavy atom. The number of nitrogens with zero attached hydrogens (tertiary/aromatic N) is 2. The highest BCUT2D eigenvalue weighted by molar-refractivity contribution is 5.79. The van der Waals surface area contributed by atoms with Crippen LogP contribution in [0.4, 0.5) is 0 Å². The molecule has 0 spiro atoms. The van der Waals surface area contributed by atoms with Crippen LogP contribution >= 0.6 is 0 Å². The Morgan fingerprint density at radius 1 is 1.18 bits per heavy atom. The number of hydrogen-bond donors (Lipinski definition) is 1. The second-order valence-electron chi connectivity index (χ2n) is 8.36. The molecule has 0 radical (unpaired) electrons. The standard InChI is InChI=1S/C18H27N3O/c1-19-16-3-2-4-21(16)17(22)11-20-12-18-8-13-5-14(9-18)7-15(6-13)10-18/h13-16,20H,2-12H2/t13?,14?,15?,16-,18?/m0/s1. The van der Waals surface area contributed by atoms with Crippen molar-refractivity contribution in [3.05, 3.63) is 11.4 Å². The number of carbonyl (C=O) groups excluding carboxylic acids is 1. The minimum Gasteiger partial charge on any atom is -0.308 e. The van der Waals surface area contributed by atoms with Crippen molar-refractivity contribution >= 4 is 5.91 Å². The summed E-state index contributed by atoms with van der Waals surface area (Å²) in [7, 11) is 0. The Morgan fingerprint density at radius 2 is 1.82 bits per heavy atom. The van der Waals surface area contributed by atoms with Crippen molar-refractivity contribution in [3.8, 4) is 0 Å². The van der Waals surface area contributed by atoms with E-state index in [2.05, 4.69) is 10.2 Å². The SMILES string of the molecule is [C-]#[N+][C@@H]1CCCN1C(=O)CNCC12CC3CC(CC(C3)C1)C2. The molecule has 4 aliphatic carbocycles. The van der Waals surface area contributed by atoms with Crippen LogP contribution in [0.1, 0.15) is 51.4 Å². The summed E-state index contributed by atoms with van der Waals surface area (Å²) >= 11 is 0. The highest BCUT2D eigenvalue weighted by atomic mass is 16.2. The second kappa shape index (κ2) is 5.53. The van der Waals surface area contributed by atoms with Gasteiger partial charge in [0.05, 0.1) is 6.54 Å². The van der Waals surface area contributed by atoms with Gasteiger partial charge in [-0.15, -0.1) is 0 Å². The second-order valence-corrected chi connectivity index (χ2v) is 8.36. The average molecular weight is 301 g/mol. The minimum absolute atomic E-state index is 0.128. The Labute approximate surface area is 133 Å². The van der Waals surface area contributed by atoms with Crippen LogP contribution in [0, 0.1) is 29.7 Å². The first-order chi connectivity index (χ1) is 10.7. The molecule has 0 unspecified atom stereocenters. The van der Waals surface area contributed by atoms with Crippen molar-refractivity contribution in [3.63, 3.8) is 0 Å². The molecule has 1 N–H and O–H groups in total. The Kier molecular flexibility index (Phi) is 3.64. The molecule has 4 nitrogen and oxygen atoms in total. The summed E-state index contributed by atoms with van der Waals surface area (Å²) in [6.45, 7) is 9.40. The van der Waals surface area contributed by atoms with Crippen LogP contribution in [-0.2, 0) is 4.79 Å². The van der Waals surface area contributed by atoms with Gasteiger partial charge < -0.3 is 5.32 Å². The van der Waals surface area contributed by atoms with Gasteiger partial charge in [0.25, 0.3) is 0 Å². The fourth-order valence-corrected chi connectivity index (χ4v) is 6.22. The summed E-state index contributed by atoms with van der Waals surface area (Å²) in [5, 5.41) is 3.47. The molecule has 5 fully saturated rings. The lowest BCUT2D eigenvalue weighted by molar-refractivity contribution is -0.130. The maximum atomic E-state index is 12.3. The zero-order valence-corrected chi connectivity index (χ0v) is 13.4. The lowest BCUT2D eigenvalue weighted by atomic mass is 9.49. The van der Waals surface area contributed by atoms with Crippen molar-refractivity contribution < 1.29 is 4.79 Å². The lowest BCUT2D eigenvalue weighted by Gasteiger charge is -2.57. The van der Waals surface area contributed by atoms with Crippen LogP contribution in [0.15, 0.2) is 0 Å². The quantitative estimate of drug-likeness (QED) is 0.811. The van der Waals surface area contributed by atoms with Crippen LogP contribution in [0.5, 0.6) is 0 Å². The van der Waals surface area contributed by atoms with E-state index in [-0.39, 0.29) is 12.1 Å². The van der Waals surface area contributed by atoms with Gasteiger partial charge in [-0.05, 0) is 68.1 Å². The molecule has 5 rings (SSSR count). The molecule has 4 heteroatoms. The summed E-state index contributed by atoms with van der Waals surface area (Å²) < 4.78 is 0. The van der Waals surface area contributed by atoms with Gasteiger partial charge in [-0.2, -0.15) is 0 Å². The van der Waals surface area contributed by atoms with E-state index in [0.717, 1.165) is 43.7 Å².